The summed E-state index contributed by atoms with van der Waals surface area (Å²) >= 11 is 6.08. The van der Waals surface area contributed by atoms with Crippen molar-refractivity contribution in [1.29, 1.82) is 0 Å². The highest BCUT2D eigenvalue weighted by Crippen LogP contribution is 2.35. The van der Waals surface area contributed by atoms with Crippen molar-refractivity contribution in [2.75, 3.05) is 26.2 Å². The molecule has 0 radical (unpaired) electrons. The van der Waals surface area contributed by atoms with Gasteiger partial charge < -0.3 is 5.32 Å². The molecular formula is C14H17Cl2F3N2. The number of nitrogens with one attached hydrogen (secondary N) is 1. The first-order valence-electron chi connectivity index (χ1n) is 6.37. The van der Waals surface area contributed by atoms with E-state index in [4.69, 9.17) is 11.6 Å². The quantitative estimate of drug-likeness (QED) is 0.839. The standard InChI is InChI=1S/C14H16ClF3N2.ClH/c1-2-13(20-7-5-19-6-8-20)11-9-10(14(16,17)18)3-4-12(11)15;/h2-4,9,13,19H,1,5-8H2;1H/t13-;/m1./s1. The molecule has 0 aliphatic carbocycles. The van der Waals surface area contributed by atoms with Crippen molar-refractivity contribution in [2.45, 2.75) is 12.2 Å². The van der Waals surface area contributed by atoms with Gasteiger partial charge in [-0.1, -0.05) is 17.7 Å². The minimum atomic E-state index is -4.37. The Kier molecular flexibility index (Phi) is 6.53. The van der Waals surface area contributed by atoms with E-state index >= 15 is 0 Å². The molecule has 1 fully saturated rings. The van der Waals surface area contributed by atoms with Crippen LogP contribution in [0.5, 0.6) is 0 Å². The Morgan fingerprint density at radius 1 is 1.29 bits per heavy atom. The molecule has 1 aromatic rings. The Hall–Kier alpha value is -0.750. The average Bonchev–Trinajstić information content (AvgIpc) is 2.41. The first-order chi connectivity index (χ1) is 9.43. The molecule has 0 saturated carbocycles. The molecular weight excluding hydrogens is 324 g/mol. The van der Waals surface area contributed by atoms with Crippen LogP contribution in [0.4, 0.5) is 13.2 Å². The lowest BCUT2D eigenvalue weighted by atomic mass is 10.0. The smallest absolute Gasteiger partial charge is 0.314 e. The number of alkyl halides is 3. The Labute approximate surface area is 133 Å². The highest BCUT2D eigenvalue weighted by Gasteiger charge is 2.32. The first kappa shape index (κ1) is 18.3. The summed E-state index contributed by atoms with van der Waals surface area (Å²) in [6.07, 6.45) is -2.72. The number of benzene rings is 1. The molecule has 1 aliphatic heterocycles. The number of rotatable bonds is 3. The lowest BCUT2D eigenvalue weighted by Gasteiger charge is -2.34. The fourth-order valence-electron chi connectivity index (χ4n) is 2.38. The molecule has 2 nitrogen and oxygen atoms in total. The van der Waals surface area contributed by atoms with Gasteiger partial charge in [0.1, 0.15) is 0 Å². The third kappa shape index (κ3) is 4.36. The third-order valence-corrected chi connectivity index (χ3v) is 3.75. The fourth-order valence-corrected chi connectivity index (χ4v) is 2.61. The fraction of sp³-hybridized carbons (Fsp3) is 0.429. The van der Waals surface area contributed by atoms with Crippen LogP contribution < -0.4 is 5.32 Å². The molecule has 1 N–H and O–H groups in total. The van der Waals surface area contributed by atoms with Gasteiger partial charge in [-0.05, 0) is 23.8 Å². The van der Waals surface area contributed by atoms with Gasteiger partial charge in [-0.2, -0.15) is 13.2 Å². The SMILES string of the molecule is C=C[C@H](c1cc(C(F)(F)F)ccc1Cl)N1CCNCC1.Cl. The van der Waals surface area contributed by atoms with Crippen molar-refractivity contribution in [2.24, 2.45) is 0 Å². The van der Waals surface area contributed by atoms with Crippen molar-refractivity contribution in [3.8, 4) is 0 Å². The lowest BCUT2D eigenvalue weighted by molar-refractivity contribution is -0.137. The Balaban J connectivity index is 0.00000220. The molecule has 0 amide bonds. The largest absolute Gasteiger partial charge is 0.416 e. The van der Waals surface area contributed by atoms with Crippen LogP contribution in [0.15, 0.2) is 30.9 Å². The zero-order valence-electron chi connectivity index (χ0n) is 11.3. The van der Waals surface area contributed by atoms with Crippen LogP contribution in [-0.2, 0) is 6.18 Å². The van der Waals surface area contributed by atoms with Crippen molar-refractivity contribution >= 4 is 24.0 Å². The third-order valence-electron chi connectivity index (χ3n) is 3.41. The molecule has 0 unspecified atom stereocenters. The van der Waals surface area contributed by atoms with Crippen molar-refractivity contribution < 1.29 is 13.2 Å². The van der Waals surface area contributed by atoms with E-state index in [1.165, 1.54) is 6.07 Å². The van der Waals surface area contributed by atoms with E-state index in [1.54, 1.807) is 6.08 Å². The predicted molar refractivity (Wildman–Crippen MR) is 81.1 cm³/mol. The number of hydrogen-bond acceptors (Lipinski definition) is 2. The molecule has 0 aromatic heterocycles. The minimum absolute atomic E-state index is 0. The van der Waals surface area contributed by atoms with Gasteiger partial charge in [0.2, 0.25) is 0 Å². The Bertz CT molecular complexity index is 486. The summed E-state index contributed by atoms with van der Waals surface area (Å²) < 4.78 is 38.4. The van der Waals surface area contributed by atoms with Crippen molar-refractivity contribution in [1.82, 2.24) is 10.2 Å². The van der Waals surface area contributed by atoms with Crippen LogP contribution in [-0.4, -0.2) is 31.1 Å². The monoisotopic (exact) mass is 340 g/mol. The van der Waals surface area contributed by atoms with Gasteiger partial charge in [-0.25, -0.2) is 0 Å². The molecule has 1 aromatic carbocycles. The van der Waals surface area contributed by atoms with E-state index < -0.39 is 11.7 Å². The molecule has 118 valence electrons. The van der Waals surface area contributed by atoms with Crippen molar-refractivity contribution in [3.05, 3.63) is 47.0 Å². The molecule has 0 spiro atoms. The first-order valence-corrected chi connectivity index (χ1v) is 6.75. The molecule has 1 aliphatic rings. The predicted octanol–water partition coefficient (Wildman–Crippen LogP) is 3.91. The zero-order chi connectivity index (χ0) is 14.8. The van der Waals surface area contributed by atoms with Gasteiger partial charge in [0.05, 0.1) is 11.6 Å². The topological polar surface area (TPSA) is 15.3 Å². The highest BCUT2D eigenvalue weighted by molar-refractivity contribution is 6.31. The van der Waals surface area contributed by atoms with Crippen LogP contribution in [0.25, 0.3) is 0 Å². The summed E-state index contributed by atoms with van der Waals surface area (Å²) in [6, 6.07) is 3.13. The summed E-state index contributed by atoms with van der Waals surface area (Å²) in [5.74, 6) is 0. The van der Waals surface area contributed by atoms with Crippen molar-refractivity contribution in [3.63, 3.8) is 0 Å². The van der Waals surface area contributed by atoms with Gasteiger partial charge in [0.25, 0.3) is 0 Å². The van der Waals surface area contributed by atoms with Gasteiger partial charge in [0, 0.05) is 31.2 Å². The van der Waals surface area contributed by atoms with Crippen LogP contribution in [0.1, 0.15) is 17.2 Å². The van der Waals surface area contributed by atoms with Crippen LogP contribution in [0, 0.1) is 0 Å². The normalized spacial score (nSPS) is 17.9. The maximum Gasteiger partial charge on any atom is 0.416 e. The maximum atomic E-state index is 12.8. The molecule has 7 heteroatoms. The summed E-state index contributed by atoms with van der Waals surface area (Å²) in [4.78, 5) is 2.07. The van der Waals surface area contributed by atoms with Gasteiger partial charge in [-0.3, -0.25) is 4.90 Å². The Morgan fingerprint density at radius 3 is 2.43 bits per heavy atom. The number of nitrogens with zero attached hydrogens (tertiary/aromatic N) is 1. The van der Waals surface area contributed by atoms with E-state index in [1.807, 2.05) is 0 Å². The number of hydrogen-bond donors (Lipinski definition) is 1. The second-order valence-electron chi connectivity index (χ2n) is 4.70. The minimum Gasteiger partial charge on any atom is -0.314 e. The van der Waals surface area contributed by atoms with E-state index in [2.05, 4.69) is 16.8 Å². The van der Waals surface area contributed by atoms with E-state index in [0.29, 0.717) is 10.6 Å². The highest BCUT2D eigenvalue weighted by atomic mass is 35.5. The number of halogens is 5. The second-order valence-corrected chi connectivity index (χ2v) is 5.11. The molecule has 2 rings (SSSR count). The molecule has 1 saturated heterocycles. The number of piperazine rings is 1. The molecule has 1 heterocycles. The molecule has 1 atom stereocenters. The van der Waals surface area contributed by atoms with E-state index in [0.717, 1.165) is 38.3 Å². The lowest BCUT2D eigenvalue weighted by Crippen LogP contribution is -2.44. The zero-order valence-corrected chi connectivity index (χ0v) is 12.9. The summed E-state index contributed by atoms with van der Waals surface area (Å²) in [5, 5.41) is 3.54. The summed E-state index contributed by atoms with van der Waals surface area (Å²) in [5.41, 5.74) is -0.225. The maximum absolute atomic E-state index is 12.8. The summed E-state index contributed by atoms with van der Waals surface area (Å²) in [7, 11) is 0. The van der Waals surface area contributed by atoms with E-state index in [9.17, 15) is 13.2 Å². The van der Waals surface area contributed by atoms with Gasteiger partial charge >= 0.3 is 6.18 Å². The van der Waals surface area contributed by atoms with Gasteiger partial charge in [0.15, 0.2) is 0 Å². The molecule has 0 bridgehead atoms. The average molecular weight is 341 g/mol. The second kappa shape index (κ2) is 7.49. The van der Waals surface area contributed by atoms with Crippen LogP contribution >= 0.6 is 24.0 Å². The van der Waals surface area contributed by atoms with Crippen LogP contribution in [0.3, 0.4) is 0 Å². The van der Waals surface area contributed by atoms with Crippen LogP contribution in [0.2, 0.25) is 5.02 Å². The van der Waals surface area contributed by atoms with Gasteiger partial charge in [-0.15, -0.1) is 19.0 Å². The van der Waals surface area contributed by atoms with E-state index in [-0.39, 0.29) is 18.4 Å². The molecule has 21 heavy (non-hydrogen) atoms. The Morgan fingerprint density at radius 2 is 1.90 bits per heavy atom. The summed E-state index contributed by atoms with van der Waals surface area (Å²) in [6.45, 7) is 6.86.